The molecule has 0 heterocycles. The van der Waals surface area contributed by atoms with E-state index in [1.165, 1.54) is 12.1 Å². The molecule has 3 N–H and O–H groups in total. The van der Waals surface area contributed by atoms with Gasteiger partial charge in [-0.25, -0.2) is 4.39 Å². The molecule has 180 valence electrons. The molecule has 0 saturated carbocycles. The zero-order valence-electron chi connectivity index (χ0n) is 19.4. The molecule has 0 bridgehead atoms. The Labute approximate surface area is 201 Å². The molecule has 1 aliphatic rings. The van der Waals surface area contributed by atoms with Gasteiger partial charge in [0.15, 0.2) is 0 Å². The van der Waals surface area contributed by atoms with Crippen molar-refractivity contribution in [1.29, 1.82) is 0 Å². The average Bonchev–Trinajstić information content (AvgIpc) is 2.88. The first-order valence-electron chi connectivity index (χ1n) is 10.6. The lowest BCUT2D eigenvalue weighted by Gasteiger charge is -2.26. The number of rotatable bonds is 9. The molecule has 6 heteroatoms. The molecule has 0 radical (unpaired) electrons. The van der Waals surface area contributed by atoms with E-state index in [2.05, 4.69) is 18.9 Å². The van der Waals surface area contributed by atoms with Gasteiger partial charge < -0.3 is 20.3 Å². The Morgan fingerprint density at radius 3 is 2.38 bits per heavy atom. The van der Waals surface area contributed by atoms with Gasteiger partial charge in [0.05, 0.1) is 12.7 Å². The quantitative estimate of drug-likeness (QED) is 0.398. The molecular formula is C28H32FNO4. The van der Waals surface area contributed by atoms with E-state index in [0.29, 0.717) is 19.6 Å². The van der Waals surface area contributed by atoms with Crippen LogP contribution in [0.5, 0.6) is 0 Å². The summed E-state index contributed by atoms with van der Waals surface area (Å²) in [4.78, 5) is 8.58. The number of carbonyl (C=O) groups is 1. The van der Waals surface area contributed by atoms with Crippen molar-refractivity contribution >= 4 is 12.0 Å². The van der Waals surface area contributed by atoms with Crippen LogP contribution in [-0.4, -0.2) is 31.3 Å². The lowest BCUT2D eigenvalue weighted by molar-refractivity contribution is -0.106. The molecule has 1 aliphatic carbocycles. The maximum atomic E-state index is 13.5. The molecule has 1 amide bonds. The van der Waals surface area contributed by atoms with Gasteiger partial charge in [-0.3, -0.25) is 4.79 Å². The molecule has 0 saturated heterocycles. The van der Waals surface area contributed by atoms with Crippen LogP contribution in [0.1, 0.15) is 17.5 Å². The second-order valence-corrected chi connectivity index (χ2v) is 6.81. The van der Waals surface area contributed by atoms with Crippen LogP contribution in [0.25, 0.3) is 5.57 Å². The second-order valence-electron chi connectivity index (χ2n) is 6.81. The van der Waals surface area contributed by atoms with Crippen LogP contribution < -0.4 is 5.73 Å². The topological polar surface area (TPSA) is 81.8 Å². The monoisotopic (exact) mass is 465 g/mol. The van der Waals surface area contributed by atoms with Crippen molar-refractivity contribution in [3.63, 3.8) is 0 Å². The van der Waals surface area contributed by atoms with E-state index in [1.54, 1.807) is 24.3 Å². The van der Waals surface area contributed by atoms with Gasteiger partial charge in [-0.2, -0.15) is 0 Å². The van der Waals surface area contributed by atoms with Gasteiger partial charge in [-0.15, -0.1) is 0 Å². The number of aliphatic hydroxyl groups excluding tert-OH is 1. The van der Waals surface area contributed by atoms with E-state index in [0.717, 1.165) is 35.1 Å². The van der Waals surface area contributed by atoms with Crippen molar-refractivity contribution < 1.29 is 23.8 Å². The van der Waals surface area contributed by atoms with Crippen molar-refractivity contribution in [2.75, 3.05) is 13.7 Å². The summed E-state index contributed by atoms with van der Waals surface area (Å²) in [6, 6.07) is 16.4. The van der Waals surface area contributed by atoms with Crippen LogP contribution in [-0.2, 0) is 20.9 Å². The number of halogens is 1. The Bertz CT molecular complexity index is 979. The summed E-state index contributed by atoms with van der Waals surface area (Å²) < 4.78 is 25.8. The lowest BCUT2D eigenvalue weighted by Crippen LogP contribution is -2.20. The van der Waals surface area contributed by atoms with E-state index < -0.39 is 0 Å². The zero-order valence-corrected chi connectivity index (χ0v) is 19.4. The number of amides is 1. The number of primary amides is 1. The number of hydrogen-bond donors (Lipinski definition) is 2. The molecule has 1 unspecified atom stereocenters. The highest BCUT2D eigenvalue weighted by molar-refractivity contribution is 5.74. The number of ether oxygens (including phenoxy) is 2. The average molecular weight is 466 g/mol. The van der Waals surface area contributed by atoms with E-state index in [9.17, 15) is 4.39 Å². The molecule has 0 aromatic heterocycles. The Hall–Kier alpha value is -3.74. The normalized spacial score (nSPS) is 14.7. The Balaban J connectivity index is 0.00000107. The third kappa shape index (κ3) is 9.40. The molecule has 1 atom stereocenters. The number of aliphatic hydroxyl groups is 1. The predicted octanol–water partition coefficient (Wildman–Crippen LogP) is 5.11. The van der Waals surface area contributed by atoms with Gasteiger partial charge in [0.25, 0.3) is 0 Å². The van der Waals surface area contributed by atoms with Gasteiger partial charge in [0, 0.05) is 12.7 Å². The first-order valence-corrected chi connectivity index (χ1v) is 10.6. The fourth-order valence-corrected chi connectivity index (χ4v) is 3.16. The second kappa shape index (κ2) is 16.8. The van der Waals surface area contributed by atoms with Crippen LogP contribution in [0, 0.1) is 5.82 Å². The molecule has 0 spiro atoms. The summed E-state index contributed by atoms with van der Waals surface area (Å²) in [6.07, 6.45) is 10.1. The summed E-state index contributed by atoms with van der Waals surface area (Å²) in [7, 11) is 1.00. The number of nitrogens with two attached hydrogens (primary N) is 1. The molecule has 0 aliphatic heterocycles. The molecule has 5 nitrogen and oxygen atoms in total. The van der Waals surface area contributed by atoms with E-state index in [1.807, 2.05) is 48.6 Å². The molecule has 2 aromatic rings. The summed E-state index contributed by atoms with van der Waals surface area (Å²) in [5, 5.41) is 7.00. The Morgan fingerprint density at radius 2 is 1.79 bits per heavy atom. The smallest absolute Gasteiger partial charge is 0.204 e. The summed E-state index contributed by atoms with van der Waals surface area (Å²) in [5.41, 5.74) is 8.00. The number of benzene rings is 2. The highest BCUT2D eigenvalue weighted by atomic mass is 19.1. The minimum Gasteiger partial charge on any atom is -0.489 e. The minimum absolute atomic E-state index is 0.204. The third-order valence-electron chi connectivity index (χ3n) is 4.64. The van der Waals surface area contributed by atoms with Gasteiger partial charge in [-0.05, 0) is 41.3 Å². The lowest BCUT2D eigenvalue weighted by atomic mass is 9.93. The first-order chi connectivity index (χ1) is 16.6. The van der Waals surface area contributed by atoms with Crippen molar-refractivity contribution in [1.82, 2.24) is 0 Å². The highest BCUT2D eigenvalue weighted by Gasteiger charge is 2.24. The van der Waals surface area contributed by atoms with Crippen molar-refractivity contribution in [3.8, 4) is 0 Å². The number of allylic oxidation sites excluding steroid dienone is 3. The van der Waals surface area contributed by atoms with Gasteiger partial charge in [-0.1, -0.05) is 79.9 Å². The van der Waals surface area contributed by atoms with Gasteiger partial charge in [0.1, 0.15) is 18.2 Å². The van der Waals surface area contributed by atoms with Crippen molar-refractivity contribution in [2.45, 2.75) is 19.1 Å². The van der Waals surface area contributed by atoms with Crippen molar-refractivity contribution in [3.05, 3.63) is 126 Å². The van der Waals surface area contributed by atoms with Crippen molar-refractivity contribution in [2.24, 2.45) is 5.73 Å². The van der Waals surface area contributed by atoms with Gasteiger partial charge in [0.2, 0.25) is 6.41 Å². The SMILES string of the molecule is C=C/C=C(\C=C)COC1CC=CC(OCc2ccccc2)=C1c1ccc(F)cc1.CO.NC=O. The summed E-state index contributed by atoms with van der Waals surface area (Å²) in [6.45, 7) is 8.40. The predicted molar refractivity (Wildman–Crippen MR) is 135 cm³/mol. The van der Waals surface area contributed by atoms with E-state index in [4.69, 9.17) is 19.4 Å². The molecule has 3 rings (SSSR count). The van der Waals surface area contributed by atoms with E-state index in [-0.39, 0.29) is 18.3 Å². The maximum absolute atomic E-state index is 13.5. The van der Waals surface area contributed by atoms with Crippen LogP contribution in [0.3, 0.4) is 0 Å². The Morgan fingerprint density at radius 1 is 1.15 bits per heavy atom. The van der Waals surface area contributed by atoms with Gasteiger partial charge >= 0.3 is 0 Å². The fraction of sp³-hybridized carbons (Fsp3) is 0.179. The maximum Gasteiger partial charge on any atom is 0.204 e. The highest BCUT2D eigenvalue weighted by Crippen LogP contribution is 2.32. The number of carbonyl (C=O) groups excluding carboxylic acids is 1. The summed E-state index contributed by atoms with van der Waals surface area (Å²) >= 11 is 0. The zero-order chi connectivity index (χ0) is 25.2. The molecule has 0 fully saturated rings. The standard InChI is InChI=1S/C26H25FO2.CH3NO.CH4O/c1-3-9-20(4-2)18-28-24-12-8-13-25(29-19-21-10-6-5-7-11-21)26(24)22-14-16-23(27)17-15-22;2-1-3;1-2/h3-11,13-17,24H,1-2,12,18-19H2;1H,(H2,2,3);2H,1H3/b20-9+;;. The fourth-order valence-electron chi connectivity index (χ4n) is 3.16. The molecule has 2 aromatic carbocycles. The van der Waals surface area contributed by atoms with Crippen LogP contribution >= 0.6 is 0 Å². The largest absolute Gasteiger partial charge is 0.489 e. The van der Waals surface area contributed by atoms with E-state index >= 15 is 0 Å². The third-order valence-corrected chi connectivity index (χ3v) is 4.64. The Kier molecular flexibility index (Phi) is 14.0. The van der Waals surface area contributed by atoms with Crippen LogP contribution in [0.4, 0.5) is 4.39 Å². The summed E-state index contributed by atoms with van der Waals surface area (Å²) in [5.74, 6) is 0.470. The molecule has 34 heavy (non-hydrogen) atoms. The van der Waals surface area contributed by atoms with Crippen LogP contribution in [0.15, 0.2) is 109 Å². The minimum atomic E-state index is -0.271. The van der Waals surface area contributed by atoms with Crippen LogP contribution in [0.2, 0.25) is 0 Å². The molecular weight excluding hydrogens is 433 g/mol. The number of hydrogen-bond acceptors (Lipinski definition) is 4. The first kappa shape index (κ1) is 28.3.